The first-order valence-corrected chi connectivity index (χ1v) is 6.77. The average molecular weight is 263 g/mol. The van der Waals surface area contributed by atoms with Gasteiger partial charge in [-0.2, -0.15) is 0 Å². The van der Waals surface area contributed by atoms with Gasteiger partial charge in [0, 0.05) is 0 Å². The highest BCUT2D eigenvalue weighted by atomic mass is 16.5. The molecule has 0 saturated heterocycles. The minimum Gasteiger partial charge on any atom is -0.445 e. The Morgan fingerprint density at radius 1 is 1.42 bits per heavy atom. The molecule has 1 aliphatic rings. The topological polar surface area (TPSA) is 58.6 Å². The zero-order chi connectivity index (χ0) is 13.7. The highest BCUT2D eigenvalue weighted by Gasteiger charge is 2.35. The monoisotopic (exact) mass is 263 g/mol. The molecule has 0 heterocycles. The number of ether oxygens (including phenoxy) is 1. The van der Waals surface area contributed by atoms with Gasteiger partial charge in [0.2, 0.25) is 0 Å². The summed E-state index contributed by atoms with van der Waals surface area (Å²) in [4.78, 5) is 11.7. The van der Waals surface area contributed by atoms with Gasteiger partial charge in [-0.05, 0) is 25.3 Å². The van der Waals surface area contributed by atoms with Crippen molar-refractivity contribution in [3.8, 4) is 0 Å². The predicted octanol–water partition coefficient (Wildman–Crippen LogP) is 2.61. The third kappa shape index (κ3) is 3.96. The van der Waals surface area contributed by atoms with Crippen LogP contribution in [0.2, 0.25) is 0 Å². The second-order valence-corrected chi connectivity index (χ2v) is 5.36. The average Bonchev–Trinajstić information content (AvgIpc) is 2.40. The molecule has 2 N–H and O–H groups in total. The van der Waals surface area contributed by atoms with E-state index in [-0.39, 0.29) is 12.6 Å². The fourth-order valence-electron chi connectivity index (χ4n) is 2.45. The number of alkyl carbamates (subject to hydrolysis) is 1. The maximum Gasteiger partial charge on any atom is 0.407 e. The van der Waals surface area contributed by atoms with Gasteiger partial charge in [0.15, 0.2) is 0 Å². The Morgan fingerprint density at radius 2 is 2.16 bits per heavy atom. The van der Waals surface area contributed by atoms with E-state index in [2.05, 4.69) is 5.32 Å². The molecule has 1 aliphatic carbocycles. The maximum absolute atomic E-state index is 11.7. The van der Waals surface area contributed by atoms with Crippen molar-refractivity contribution in [2.24, 2.45) is 0 Å². The van der Waals surface area contributed by atoms with Crippen LogP contribution in [0.4, 0.5) is 4.79 Å². The highest BCUT2D eigenvalue weighted by molar-refractivity contribution is 5.67. The summed E-state index contributed by atoms with van der Waals surface area (Å²) in [6, 6.07) is 9.33. The van der Waals surface area contributed by atoms with Crippen LogP contribution in [0.3, 0.4) is 0 Å². The minimum atomic E-state index is -0.829. The number of rotatable bonds is 3. The summed E-state index contributed by atoms with van der Waals surface area (Å²) in [6.45, 7) is 2.02. The first-order valence-electron chi connectivity index (χ1n) is 6.77. The standard InChI is InChI=1S/C15H21NO3/c1-15(18)10-6-5-9-13(15)16-14(17)19-11-12-7-3-2-4-8-12/h2-4,7-8,13,18H,5-6,9-11H2,1H3,(H,16,17)/t13-,15-/m1/s1. The molecule has 1 amide bonds. The number of carbonyl (C=O) groups excluding carboxylic acids is 1. The summed E-state index contributed by atoms with van der Waals surface area (Å²) >= 11 is 0. The first-order chi connectivity index (χ1) is 9.08. The van der Waals surface area contributed by atoms with Crippen LogP contribution in [0.15, 0.2) is 30.3 Å². The molecular weight excluding hydrogens is 242 g/mol. The van der Waals surface area contributed by atoms with Crippen molar-refractivity contribution in [2.75, 3.05) is 0 Å². The smallest absolute Gasteiger partial charge is 0.407 e. The van der Waals surface area contributed by atoms with E-state index >= 15 is 0 Å². The number of hydrogen-bond acceptors (Lipinski definition) is 3. The molecule has 1 saturated carbocycles. The fourth-order valence-corrected chi connectivity index (χ4v) is 2.45. The van der Waals surface area contributed by atoms with Crippen LogP contribution in [0.25, 0.3) is 0 Å². The zero-order valence-electron chi connectivity index (χ0n) is 11.3. The molecule has 1 aromatic rings. The largest absolute Gasteiger partial charge is 0.445 e. The molecule has 4 heteroatoms. The lowest BCUT2D eigenvalue weighted by atomic mass is 9.82. The van der Waals surface area contributed by atoms with Crippen LogP contribution in [-0.4, -0.2) is 22.8 Å². The van der Waals surface area contributed by atoms with Crippen molar-refractivity contribution in [3.05, 3.63) is 35.9 Å². The lowest BCUT2D eigenvalue weighted by molar-refractivity contribution is -0.0106. The van der Waals surface area contributed by atoms with Crippen LogP contribution < -0.4 is 5.32 Å². The van der Waals surface area contributed by atoms with Crippen molar-refractivity contribution in [1.29, 1.82) is 0 Å². The summed E-state index contributed by atoms with van der Waals surface area (Å²) in [7, 11) is 0. The van der Waals surface area contributed by atoms with Crippen LogP contribution in [0.1, 0.15) is 38.2 Å². The van der Waals surface area contributed by atoms with Gasteiger partial charge in [-0.3, -0.25) is 0 Å². The SMILES string of the molecule is C[C@@]1(O)CCCC[C@H]1NC(=O)OCc1ccccc1. The first kappa shape index (κ1) is 13.9. The molecule has 0 aromatic heterocycles. The Kier molecular flexibility index (Phi) is 4.43. The minimum absolute atomic E-state index is 0.218. The van der Waals surface area contributed by atoms with Gasteiger partial charge in [0.25, 0.3) is 0 Å². The molecule has 0 aliphatic heterocycles. The molecule has 0 radical (unpaired) electrons. The zero-order valence-corrected chi connectivity index (χ0v) is 11.3. The summed E-state index contributed by atoms with van der Waals surface area (Å²) in [5.41, 5.74) is 0.123. The summed E-state index contributed by atoms with van der Waals surface area (Å²) < 4.78 is 5.16. The van der Waals surface area contributed by atoms with Crippen molar-refractivity contribution in [2.45, 2.75) is 50.9 Å². The number of nitrogens with one attached hydrogen (secondary N) is 1. The van der Waals surface area contributed by atoms with Gasteiger partial charge >= 0.3 is 6.09 Å². The molecule has 4 nitrogen and oxygen atoms in total. The molecular formula is C15H21NO3. The third-order valence-corrected chi connectivity index (χ3v) is 3.68. The van der Waals surface area contributed by atoms with E-state index in [0.29, 0.717) is 0 Å². The molecule has 1 fully saturated rings. The fraction of sp³-hybridized carbons (Fsp3) is 0.533. The van der Waals surface area contributed by atoms with Crippen molar-refractivity contribution < 1.29 is 14.6 Å². The van der Waals surface area contributed by atoms with Gasteiger partial charge in [-0.1, -0.05) is 43.2 Å². The molecule has 19 heavy (non-hydrogen) atoms. The summed E-state index contributed by atoms with van der Waals surface area (Å²) in [6.07, 6.45) is 3.09. The Hall–Kier alpha value is -1.55. The highest BCUT2D eigenvalue weighted by Crippen LogP contribution is 2.27. The molecule has 0 unspecified atom stereocenters. The van der Waals surface area contributed by atoms with Gasteiger partial charge in [0.1, 0.15) is 6.61 Å². The van der Waals surface area contributed by atoms with Gasteiger partial charge in [0.05, 0.1) is 11.6 Å². The lowest BCUT2D eigenvalue weighted by Crippen LogP contribution is -2.52. The Bertz CT molecular complexity index is 417. The van der Waals surface area contributed by atoms with Crippen LogP contribution in [-0.2, 0) is 11.3 Å². The number of carbonyl (C=O) groups is 1. The molecule has 0 bridgehead atoms. The second-order valence-electron chi connectivity index (χ2n) is 5.36. The van der Waals surface area contributed by atoms with Crippen molar-refractivity contribution >= 4 is 6.09 Å². The Labute approximate surface area is 113 Å². The van der Waals surface area contributed by atoms with Gasteiger partial charge in [-0.15, -0.1) is 0 Å². The summed E-state index contributed by atoms with van der Waals surface area (Å²) in [5, 5.41) is 13.0. The number of amides is 1. The lowest BCUT2D eigenvalue weighted by Gasteiger charge is -2.37. The second kappa shape index (κ2) is 6.06. The number of hydrogen-bond donors (Lipinski definition) is 2. The van der Waals surface area contributed by atoms with Crippen molar-refractivity contribution in [3.63, 3.8) is 0 Å². The maximum atomic E-state index is 11.7. The predicted molar refractivity (Wildman–Crippen MR) is 72.6 cm³/mol. The summed E-state index contributed by atoms with van der Waals surface area (Å²) in [5.74, 6) is 0. The van der Waals surface area contributed by atoms with Crippen LogP contribution >= 0.6 is 0 Å². The third-order valence-electron chi connectivity index (χ3n) is 3.68. The Balaban J connectivity index is 1.81. The molecule has 1 aromatic carbocycles. The van der Waals surface area contributed by atoms with Crippen LogP contribution in [0, 0.1) is 0 Å². The molecule has 2 rings (SSSR count). The van der Waals surface area contributed by atoms with Crippen LogP contribution in [0.5, 0.6) is 0 Å². The van der Waals surface area contributed by atoms with Crippen molar-refractivity contribution in [1.82, 2.24) is 5.32 Å². The molecule has 2 atom stereocenters. The van der Waals surface area contributed by atoms with E-state index in [9.17, 15) is 9.90 Å². The van der Waals surface area contributed by atoms with Gasteiger partial charge < -0.3 is 15.2 Å². The van der Waals surface area contributed by atoms with E-state index in [1.165, 1.54) is 0 Å². The van der Waals surface area contributed by atoms with E-state index < -0.39 is 11.7 Å². The molecule has 104 valence electrons. The van der Waals surface area contributed by atoms with E-state index in [0.717, 1.165) is 31.2 Å². The van der Waals surface area contributed by atoms with E-state index in [4.69, 9.17) is 4.74 Å². The number of benzene rings is 1. The van der Waals surface area contributed by atoms with E-state index in [1.807, 2.05) is 30.3 Å². The number of aliphatic hydroxyl groups is 1. The quantitative estimate of drug-likeness (QED) is 0.881. The molecule has 0 spiro atoms. The Morgan fingerprint density at radius 3 is 2.84 bits per heavy atom. The van der Waals surface area contributed by atoms with Gasteiger partial charge in [-0.25, -0.2) is 4.79 Å². The normalized spacial score (nSPS) is 26.7. The van der Waals surface area contributed by atoms with E-state index in [1.54, 1.807) is 6.92 Å².